The van der Waals surface area contributed by atoms with Gasteiger partial charge < -0.3 is 20.8 Å². The van der Waals surface area contributed by atoms with E-state index < -0.39 is 15.6 Å². The van der Waals surface area contributed by atoms with Gasteiger partial charge in [0.15, 0.2) is 0 Å². The minimum Gasteiger partial charge on any atom is -0.344 e. The summed E-state index contributed by atoms with van der Waals surface area (Å²) in [4.78, 5) is 24.0. The molecule has 11 heavy (non-hydrogen) atoms. The molecule has 11 heteroatoms. The molecular weight excluding hydrogens is 202 g/mol. The van der Waals surface area contributed by atoms with Gasteiger partial charge >= 0.3 is 15.6 Å². The largest absolute Gasteiger partial charge is 0.497 e. The monoisotopic (exact) mass is 210 g/mol. The van der Waals surface area contributed by atoms with Gasteiger partial charge in [-0.05, 0) is 0 Å². The van der Waals surface area contributed by atoms with Crippen LogP contribution in [0, 0.1) is 0 Å². The summed E-state index contributed by atoms with van der Waals surface area (Å²) in [5.41, 5.74) is 0. The second-order valence-electron chi connectivity index (χ2n) is 1.15. The summed E-state index contributed by atoms with van der Waals surface area (Å²) in [7, 11) is -9.80. The SMILES string of the molecule is N.NOP(=O)(O)OP(=O)(O)O. The van der Waals surface area contributed by atoms with Crippen LogP contribution in [0.4, 0.5) is 0 Å². The highest BCUT2D eigenvalue weighted by Crippen LogP contribution is 2.56. The van der Waals surface area contributed by atoms with Crippen molar-refractivity contribution >= 4 is 15.6 Å². The van der Waals surface area contributed by atoms with Crippen LogP contribution in [-0.2, 0) is 18.1 Å². The Balaban J connectivity index is 0. The Hall–Kier alpha value is 0.180. The third kappa shape index (κ3) is 8.08. The summed E-state index contributed by atoms with van der Waals surface area (Å²) in [6.45, 7) is 0. The quantitative estimate of drug-likeness (QED) is 0.296. The van der Waals surface area contributed by atoms with Crippen LogP contribution < -0.4 is 12.0 Å². The van der Waals surface area contributed by atoms with Crippen LogP contribution in [0.3, 0.4) is 0 Å². The minimum atomic E-state index is -5.02. The maximum Gasteiger partial charge on any atom is 0.497 e. The second kappa shape index (κ2) is 4.27. The fraction of sp³-hybridized carbons (Fsp3) is 0. The summed E-state index contributed by atoms with van der Waals surface area (Å²) >= 11 is 0. The van der Waals surface area contributed by atoms with E-state index >= 15 is 0 Å². The van der Waals surface area contributed by atoms with Crippen LogP contribution in [0.2, 0.25) is 0 Å². The highest BCUT2D eigenvalue weighted by molar-refractivity contribution is 7.60. The fourth-order valence-corrected chi connectivity index (χ4v) is 1.38. The van der Waals surface area contributed by atoms with Crippen molar-refractivity contribution in [3.63, 3.8) is 0 Å². The van der Waals surface area contributed by atoms with Crippen molar-refractivity contribution in [2.24, 2.45) is 5.90 Å². The summed E-state index contributed by atoms with van der Waals surface area (Å²) in [6, 6.07) is 0. The molecule has 0 aliphatic rings. The summed E-state index contributed by atoms with van der Waals surface area (Å²) in [5.74, 6) is 4.13. The molecule has 1 unspecified atom stereocenters. The van der Waals surface area contributed by atoms with Gasteiger partial charge in [-0.2, -0.15) is 4.31 Å². The molecule has 0 rings (SSSR count). The predicted molar refractivity (Wildman–Crippen MR) is 33.2 cm³/mol. The van der Waals surface area contributed by atoms with E-state index in [0.29, 0.717) is 0 Å². The van der Waals surface area contributed by atoms with Crippen LogP contribution >= 0.6 is 15.6 Å². The lowest BCUT2D eigenvalue weighted by Gasteiger charge is -2.07. The average Bonchev–Trinajstić information content (AvgIpc) is 1.60. The van der Waals surface area contributed by atoms with E-state index in [2.05, 4.69) is 14.8 Å². The lowest BCUT2D eigenvalue weighted by Crippen LogP contribution is -1.98. The van der Waals surface area contributed by atoms with Gasteiger partial charge in [-0.3, -0.25) is 0 Å². The molecule has 70 valence electrons. The topological polar surface area (TPSA) is 174 Å². The second-order valence-corrected chi connectivity index (χ2v) is 3.93. The Morgan fingerprint density at radius 1 is 1.18 bits per heavy atom. The van der Waals surface area contributed by atoms with Gasteiger partial charge in [0, 0.05) is 0 Å². The highest BCUT2D eigenvalue weighted by Gasteiger charge is 2.31. The van der Waals surface area contributed by atoms with E-state index in [-0.39, 0.29) is 6.15 Å². The van der Waals surface area contributed by atoms with Crippen LogP contribution in [0.15, 0.2) is 0 Å². The lowest BCUT2D eigenvalue weighted by atomic mass is 13.6. The van der Waals surface area contributed by atoms with Gasteiger partial charge in [0.1, 0.15) is 0 Å². The van der Waals surface area contributed by atoms with Crippen molar-refractivity contribution in [1.29, 1.82) is 0 Å². The van der Waals surface area contributed by atoms with Crippen molar-refractivity contribution in [1.82, 2.24) is 6.15 Å². The van der Waals surface area contributed by atoms with Gasteiger partial charge in [-0.1, -0.05) is 0 Å². The normalized spacial score (nSPS) is 16.7. The summed E-state index contributed by atoms with van der Waals surface area (Å²) < 4.78 is 26.3. The zero-order valence-electron chi connectivity index (χ0n) is 5.15. The maximum absolute atomic E-state index is 10.1. The predicted octanol–water partition coefficient (Wildman–Crippen LogP) is -0.752. The first-order valence-electron chi connectivity index (χ1n) is 1.75. The summed E-state index contributed by atoms with van der Waals surface area (Å²) in [6.07, 6.45) is 0. The molecule has 9 nitrogen and oxygen atoms in total. The maximum atomic E-state index is 10.1. The van der Waals surface area contributed by atoms with E-state index in [9.17, 15) is 9.13 Å². The van der Waals surface area contributed by atoms with Gasteiger partial charge in [0.2, 0.25) is 0 Å². The van der Waals surface area contributed by atoms with Crippen molar-refractivity contribution in [2.45, 2.75) is 0 Å². The molecule has 0 saturated carbocycles. The molecule has 0 aromatic rings. The van der Waals surface area contributed by atoms with Gasteiger partial charge in [0.25, 0.3) is 0 Å². The van der Waals surface area contributed by atoms with E-state index in [4.69, 9.17) is 14.7 Å². The zero-order chi connectivity index (χ0) is 8.41. The minimum absolute atomic E-state index is 0. The first-order valence-corrected chi connectivity index (χ1v) is 4.77. The average molecular weight is 210 g/mol. The van der Waals surface area contributed by atoms with Gasteiger partial charge in [-0.25, -0.2) is 19.7 Å². The van der Waals surface area contributed by atoms with E-state index in [1.807, 2.05) is 0 Å². The van der Waals surface area contributed by atoms with Crippen LogP contribution in [0.1, 0.15) is 0 Å². The Labute approximate surface area is 61.5 Å². The first-order chi connectivity index (χ1) is 4.27. The standard InChI is InChI=1S/H5NO7P2.H3N/c1-7-10(5,6)8-9(2,3)4;/h1H2,(H,5,6)(H2,2,3,4);1H3. The van der Waals surface area contributed by atoms with Gasteiger partial charge in [0.05, 0.1) is 0 Å². The van der Waals surface area contributed by atoms with Crippen molar-refractivity contribution in [3.8, 4) is 0 Å². The van der Waals surface area contributed by atoms with Gasteiger partial charge in [-0.15, -0.1) is 0 Å². The number of hydrogen-bond acceptors (Lipinski definition) is 6. The van der Waals surface area contributed by atoms with Crippen molar-refractivity contribution < 1.29 is 32.7 Å². The molecule has 0 amide bonds. The molecule has 8 N–H and O–H groups in total. The molecule has 0 aliphatic heterocycles. The lowest BCUT2D eigenvalue weighted by molar-refractivity contribution is 0.181. The van der Waals surface area contributed by atoms with Crippen LogP contribution in [0.25, 0.3) is 0 Å². The molecule has 0 heterocycles. The Morgan fingerprint density at radius 3 is 1.64 bits per heavy atom. The Bertz CT molecular complexity index is 193. The zero-order valence-corrected chi connectivity index (χ0v) is 6.94. The molecular formula is H8N2O7P2. The third-order valence-electron chi connectivity index (χ3n) is 0.343. The molecule has 0 aromatic heterocycles. The van der Waals surface area contributed by atoms with E-state index in [1.165, 1.54) is 0 Å². The smallest absolute Gasteiger partial charge is 0.344 e. The molecule has 0 saturated heterocycles. The molecule has 1 atom stereocenters. The number of rotatable bonds is 3. The summed E-state index contributed by atoms with van der Waals surface area (Å²) in [5, 5.41) is 0. The molecule has 0 aliphatic carbocycles. The molecule has 0 aromatic carbocycles. The van der Waals surface area contributed by atoms with E-state index in [1.54, 1.807) is 0 Å². The van der Waals surface area contributed by atoms with Crippen LogP contribution in [-0.4, -0.2) is 14.7 Å². The highest BCUT2D eigenvalue weighted by atomic mass is 31.3. The van der Waals surface area contributed by atoms with E-state index in [0.717, 1.165) is 0 Å². The van der Waals surface area contributed by atoms with Crippen molar-refractivity contribution in [2.75, 3.05) is 0 Å². The Kier molecular flexibility index (Phi) is 5.33. The first kappa shape index (κ1) is 13.7. The molecule has 0 radical (unpaired) electrons. The molecule has 0 bridgehead atoms. The number of nitrogens with two attached hydrogens (primary N) is 1. The number of hydrogen-bond donors (Lipinski definition) is 5. The molecule has 0 spiro atoms. The number of phosphoric acid groups is 2. The Morgan fingerprint density at radius 2 is 1.55 bits per heavy atom. The fourth-order valence-electron chi connectivity index (χ4n) is 0.154. The van der Waals surface area contributed by atoms with Crippen molar-refractivity contribution in [3.05, 3.63) is 0 Å². The third-order valence-corrected chi connectivity index (χ3v) is 2.29. The van der Waals surface area contributed by atoms with Crippen LogP contribution in [0.5, 0.6) is 0 Å². The molecule has 0 fully saturated rings.